The summed E-state index contributed by atoms with van der Waals surface area (Å²) in [5.41, 5.74) is 0.647. The molecule has 19 heavy (non-hydrogen) atoms. The van der Waals surface area contributed by atoms with Gasteiger partial charge in [-0.2, -0.15) is 0 Å². The number of nitrogens with zero attached hydrogens (tertiary/aromatic N) is 1. The maximum atomic E-state index is 13.0. The van der Waals surface area contributed by atoms with Gasteiger partial charge in [-0.1, -0.05) is 6.07 Å². The van der Waals surface area contributed by atoms with Crippen LogP contribution in [-0.4, -0.2) is 58.2 Å². The van der Waals surface area contributed by atoms with Gasteiger partial charge in [0.25, 0.3) is 0 Å². The van der Waals surface area contributed by atoms with Crippen molar-refractivity contribution in [2.24, 2.45) is 0 Å². The molecule has 106 valence electrons. The van der Waals surface area contributed by atoms with Crippen molar-refractivity contribution in [1.29, 1.82) is 0 Å². The lowest BCUT2D eigenvalue weighted by Crippen LogP contribution is -2.55. The molecule has 2 atom stereocenters. The molecular formula is C13H17F2NO3. The number of halogens is 2. The van der Waals surface area contributed by atoms with Gasteiger partial charge >= 0.3 is 0 Å². The standard InChI is InChI=1S/C13H17F2NO3/c14-9-2-1-8(5-10(9)15)3-4-16-6-11(17)13(19)12(18)7-16/h1-2,5,11-13,17-19H,3-4,6-7H2. The second kappa shape index (κ2) is 5.92. The first-order valence-corrected chi connectivity index (χ1v) is 6.18. The minimum Gasteiger partial charge on any atom is -0.389 e. The Morgan fingerprint density at radius 1 is 1.05 bits per heavy atom. The Morgan fingerprint density at radius 3 is 2.26 bits per heavy atom. The monoisotopic (exact) mass is 273 g/mol. The zero-order valence-electron chi connectivity index (χ0n) is 10.3. The Morgan fingerprint density at radius 2 is 1.68 bits per heavy atom. The third-order valence-corrected chi connectivity index (χ3v) is 3.38. The topological polar surface area (TPSA) is 63.9 Å². The first-order valence-electron chi connectivity index (χ1n) is 6.18. The van der Waals surface area contributed by atoms with Crippen molar-refractivity contribution in [1.82, 2.24) is 4.90 Å². The molecule has 3 N–H and O–H groups in total. The number of piperidine rings is 1. The summed E-state index contributed by atoms with van der Waals surface area (Å²) >= 11 is 0. The summed E-state index contributed by atoms with van der Waals surface area (Å²) in [7, 11) is 0. The van der Waals surface area contributed by atoms with E-state index in [9.17, 15) is 24.1 Å². The van der Waals surface area contributed by atoms with Crippen molar-refractivity contribution in [3.63, 3.8) is 0 Å². The van der Waals surface area contributed by atoms with Gasteiger partial charge in [0.2, 0.25) is 0 Å². The molecule has 1 aromatic carbocycles. The average Bonchev–Trinajstić information content (AvgIpc) is 2.37. The normalized spacial score (nSPS) is 28.6. The second-order valence-corrected chi connectivity index (χ2v) is 4.88. The highest BCUT2D eigenvalue weighted by molar-refractivity contribution is 5.18. The van der Waals surface area contributed by atoms with Crippen LogP contribution in [0.3, 0.4) is 0 Å². The van der Waals surface area contributed by atoms with E-state index in [0.717, 1.165) is 12.1 Å². The lowest BCUT2D eigenvalue weighted by atomic mass is 10.0. The number of rotatable bonds is 3. The Balaban J connectivity index is 1.90. The van der Waals surface area contributed by atoms with E-state index in [4.69, 9.17) is 0 Å². The molecule has 2 rings (SSSR count). The van der Waals surface area contributed by atoms with Crippen LogP contribution in [0.15, 0.2) is 18.2 Å². The maximum Gasteiger partial charge on any atom is 0.159 e. The molecule has 1 aliphatic heterocycles. The highest BCUT2D eigenvalue weighted by atomic mass is 19.2. The Bertz CT molecular complexity index is 432. The minimum absolute atomic E-state index is 0.252. The predicted molar refractivity (Wildman–Crippen MR) is 64.5 cm³/mol. The van der Waals surface area contributed by atoms with Crippen molar-refractivity contribution in [2.45, 2.75) is 24.7 Å². The van der Waals surface area contributed by atoms with Crippen LogP contribution < -0.4 is 0 Å². The molecule has 0 aromatic heterocycles. The molecule has 0 amide bonds. The summed E-state index contributed by atoms with van der Waals surface area (Å²) in [6.45, 7) is 0.996. The number of aliphatic hydroxyl groups excluding tert-OH is 3. The third-order valence-electron chi connectivity index (χ3n) is 3.38. The summed E-state index contributed by atoms with van der Waals surface area (Å²) in [6.07, 6.45) is -2.63. The van der Waals surface area contributed by atoms with Crippen molar-refractivity contribution in [3.8, 4) is 0 Å². The summed E-state index contributed by atoms with van der Waals surface area (Å²) in [4.78, 5) is 1.78. The fourth-order valence-corrected chi connectivity index (χ4v) is 2.24. The van der Waals surface area contributed by atoms with Gasteiger partial charge in [0.1, 0.15) is 6.10 Å². The zero-order valence-corrected chi connectivity index (χ0v) is 10.3. The summed E-state index contributed by atoms with van der Waals surface area (Å²) in [5, 5.41) is 28.5. The van der Waals surface area contributed by atoms with Crippen LogP contribution in [0.5, 0.6) is 0 Å². The van der Waals surface area contributed by atoms with Crippen LogP contribution in [0.1, 0.15) is 5.56 Å². The van der Waals surface area contributed by atoms with Crippen molar-refractivity contribution >= 4 is 0 Å². The van der Waals surface area contributed by atoms with E-state index in [2.05, 4.69) is 0 Å². The van der Waals surface area contributed by atoms with E-state index in [1.807, 2.05) is 0 Å². The van der Waals surface area contributed by atoms with Gasteiger partial charge in [0.05, 0.1) is 12.2 Å². The molecule has 0 saturated carbocycles. The molecule has 1 aliphatic rings. The number of hydrogen-bond donors (Lipinski definition) is 3. The highest BCUT2D eigenvalue weighted by Crippen LogP contribution is 2.14. The molecule has 0 aliphatic carbocycles. The van der Waals surface area contributed by atoms with Crippen LogP contribution in [0, 0.1) is 11.6 Å². The third kappa shape index (κ3) is 3.48. The molecule has 1 heterocycles. The van der Waals surface area contributed by atoms with Crippen LogP contribution in [0.25, 0.3) is 0 Å². The van der Waals surface area contributed by atoms with E-state index < -0.39 is 29.9 Å². The van der Waals surface area contributed by atoms with Crippen LogP contribution in [0.2, 0.25) is 0 Å². The van der Waals surface area contributed by atoms with Gasteiger partial charge < -0.3 is 15.3 Å². The SMILES string of the molecule is OC1CN(CCc2ccc(F)c(F)c2)CC(O)C1O. The zero-order chi connectivity index (χ0) is 14.0. The molecule has 1 aromatic rings. The Kier molecular flexibility index (Phi) is 4.46. The predicted octanol–water partition coefficient (Wildman–Crippen LogP) is -0.0944. The molecule has 0 bridgehead atoms. The van der Waals surface area contributed by atoms with Gasteiger partial charge in [0.15, 0.2) is 11.6 Å². The highest BCUT2D eigenvalue weighted by Gasteiger charge is 2.32. The molecular weight excluding hydrogens is 256 g/mol. The minimum atomic E-state index is -1.13. The van der Waals surface area contributed by atoms with Crippen LogP contribution in [0.4, 0.5) is 8.78 Å². The number of aliphatic hydroxyl groups is 3. The van der Waals surface area contributed by atoms with Crippen molar-refractivity contribution in [3.05, 3.63) is 35.4 Å². The summed E-state index contributed by atoms with van der Waals surface area (Å²) in [5.74, 6) is -1.76. The molecule has 1 fully saturated rings. The van der Waals surface area contributed by atoms with E-state index in [-0.39, 0.29) is 13.1 Å². The fraction of sp³-hybridized carbons (Fsp3) is 0.538. The molecule has 1 saturated heterocycles. The van der Waals surface area contributed by atoms with E-state index >= 15 is 0 Å². The van der Waals surface area contributed by atoms with E-state index in [1.54, 1.807) is 4.90 Å². The fourth-order valence-electron chi connectivity index (χ4n) is 2.24. The lowest BCUT2D eigenvalue weighted by Gasteiger charge is -2.36. The molecule has 4 nitrogen and oxygen atoms in total. The second-order valence-electron chi connectivity index (χ2n) is 4.88. The Labute approximate surface area is 109 Å². The summed E-state index contributed by atoms with van der Waals surface area (Å²) in [6, 6.07) is 3.72. The molecule has 0 spiro atoms. The number of hydrogen-bond acceptors (Lipinski definition) is 4. The molecule has 2 unspecified atom stereocenters. The van der Waals surface area contributed by atoms with Gasteiger partial charge in [0, 0.05) is 19.6 Å². The molecule has 6 heteroatoms. The van der Waals surface area contributed by atoms with E-state index in [0.29, 0.717) is 18.5 Å². The van der Waals surface area contributed by atoms with Gasteiger partial charge in [-0.15, -0.1) is 0 Å². The van der Waals surface area contributed by atoms with Gasteiger partial charge in [-0.05, 0) is 24.1 Å². The number of benzene rings is 1. The largest absolute Gasteiger partial charge is 0.389 e. The van der Waals surface area contributed by atoms with Gasteiger partial charge in [-0.25, -0.2) is 8.78 Å². The Hall–Kier alpha value is -1.08. The first kappa shape index (κ1) is 14.3. The van der Waals surface area contributed by atoms with E-state index in [1.165, 1.54) is 6.07 Å². The smallest absolute Gasteiger partial charge is 0.159 e. The van der Waals surface area contributed by atoms with Crippen molar-refractivity contribution < 1.29 is 24.1 Å². The van der Waals surface area contributed by atoms with Crippen LogP contribution in [-0.2, 0) is 6.42 Å². The molecule has 0 radical (unpaired) electrons. The quantitative estimate of drug-likeness (QED) is 0.720. The first-order chi connectivity index (χ1) is 8.97. The van der Waals surface area contributed by atoms with Gasteiger partial charge in [-0.3, -0.25) is 4.90 Å². The van der Waals surface area contributed by atoms with Crippen LogP contribution >= 0.6 is 0 Å². The van der Waals surface area contributed by atoms with Crippen molar-refractivity contribution in [2.75, 3.05) is 19.6 Å². The number of β-amino-alcohol motifs (C(OH)–C–C–N with tert-alkyl or cyclic N) is 2. The summed E-state index contributed by atoms with van der Waals surface area (Å²) < 4.78 is 25.8. The maximum absolute atomic E-state index is 13.0. The average molecular weight is 273 g/mol. The lowest BCUT2D eigenvalue weighted by molar-refractivity contribution is -0.109. The number of likely N-dealkylation sites (tertiary alicyclic amines) is 1.